The number of esters is 1. The number of aromatic hydroxyl groups is 1. The maximum atomic E-state index is 12.4. The normalized spacial score (nSPS) is 11.7. The van der Waals surface area contributed by atoms with Crippen molar-refractivity contribution < 1.29 is 24.2 Å². The van der Waals surface area contributed by atoms with Gasteiger partial charge in [-0.3, -0.25) is 9.59 Å². The van der Waals surface area contributed by atoms with Crippen LogP contribution < -0.4 is 10.1 Å². The molecule has 166 valence electrons. The molecule has 2 N–H and O–H groups in total. The highest BCUT2D eigenvalue weighted by Gasteiger charge is 2.23. The Morgan fingerprint density at radius 3 is 2.42 bits per heavy atom. The number of benzene rings is 2. The van der Waals surface area contributed by atoms with Gasteiger partial charge in [0.25, 0.3) is 0 Å². The second-order valence-corrected chi connectivity index (χ2v) is 8.34. The third kappa shape index (κ3) is 8.16. The highest BCUT2D eigenvalue weighted by Crippen LogP contribution is 2.26. The summed E-state index contributed by atoms with van der Waals surface area (Å²) in [6.07, 6.45) is 2.80. The van der Waals surface area contributed by atoms with Gasteiger partial charge in [0.2, 0.25) is 5.91 Å². The molecule has 0 aliphatic carbocycles. The Morgan fingerprint density at radius 2 is 1.77 bits per heavy atom. The van der Waals surface area contributed by atoms with E-state index in [0.717, 1.165) is 16.7 Å². The Morgan fingerprint density at radius 1 is 1.06 bits per heavy atom. The fourth-order valence-corrected chi connectivity index (χ4v) is 2.73. The second-order valence-electron chi connectivity index (χ2n) is 8.34. The van der Waals surface area contributed by atoms with E-state index in [1.54, 1.807) is 32.9 Å². The Balaban J connectivity index is 2.00. The van der Waals surface area contributed by atoms with E-state index < -0.39 is 5.41 Å². The van der Waals surface area contributed by atoms with Gasteiger partial charge in [0, 0.05) is 6.54 Å². The molecule has 0 fully saturated rings. The standard InChI is InChI=1S/C25H31NO5/c1-25(2,3)24(29)31-17-20(11-10-18-8-6-5-7-9-18)16-26-23(28)15-19-12-13-21(27)22(14-19)30-4/h5-9,11-14,27H,10,15-17H2,1-4H3,(H,26,28)/b20-11+. The van der Waals surface area contributed by atoms with Gasteiger partial charge >= 0.3 is 5.97 Å². The zero-order valence-corrected chi connectivity index (χ0v) is 18.6. The third-order valence-corrected chi connectivity index (χ3v) is 4.59. The fraction of sp³-hybridized carbons (Fsp3) is 0.360. The molecule has 0 aromatic heterocycles. The van der Waals surface area contributed by atoms with E-state index in [-0.39, 0.29) is 37.2 Å². The van der Waals surface area contributed by atoms with Gasteiger partial charge in [-0.1, -0.05) is 42.5 Å². The molecule has 0 saturated heterocycles. The number of carbonyl (C=O) groups is 2. The average Bonchev–Trinajstić information content (AvgIpc) is 2.74. The van der Waals surface area contributed by atoms with Crippen LogP contribution in [-0.2, 0) is 27.2 Å². The van der Waals surface area contributed by atoms with E-state index >= 15 is 0 Å². The molecule has 6 heteroatoms. The molecule has 0 aliphatic rings. The molecule has 0 saturated carbocycles. The molecule has 0 atom stereocenters. The van der Waals surface area contributed by atoms with Crippen molar-refractivity contribution >= 4 is 11.9 Å². The van der Waals surface area contributed by atoms with E-state index in [4.69, 9.17) is 9.47 Å². The number of hydrogen-bond donors (Lipinski definition) is 2. The second kappa shape index (κ2) is 11.2. The fourth-order valence-electron chi connectivity index (χ4n) is 2.73. The van der Waals surface area contributed by atoms with Gasteiger partial charge in [0.05, 0.1) is 18.9 Å². The summed E-state index contributed by atoms with van der Waals surface area (Å²) in [5.74, 6) is -0.123. The smallest absolute Gasteiger partial charge is 0.311 e. The summed E-state index contributed by atoms with van der Waals surface area (Å²) >= 11 is 0. The van der Waals surface area contributed by atoms with Crippen molar-refractivity contribution in [2.75, 3.05) is 20.3 Å². The molecule has 2 aromatic rings. The van der Waals surface area contributed by atoms with Crippen LogP contribution in [0.1, 0.15) is 31.9 Å². The zero-order chi connectivity index (χ0) is 22.9. The quantitative estimate of drug-likeness (QED) is 0.471. The van der Waals surface area contributed by atoms with Gasteiger partial charge in [-0.2, -0.15) is 0 Å². The Hall–Kier alpha value is -3.28. The average molecular weight is 426 g/mol. The number of allylic oxidation sites excluding steroid dienone is 1. The molecular weight excluding hydrogens is 394 g/mol. The lowest BCUT2D eigenvalue weighted by Gasteiger charge is -2.18. The first-order valence-corrected chi connectivity index (χ1v) is 10.2. The van der Waals surface area contributed by atoms with Crippen molar-refractivity contribution in [2.24, 2.45) is 5.41 Å². The monoisotopic (exact) mass is 425 g/mol. The van der Waals surface area contributed by atoms with Crippen molar-refractivity contribution in [3.63, 3.8) is 0 Å². The first-order chi connectivity index (χ1) is 14.7. The highest BCUT2D eigenvalue weighted by molar-refractivity contribution is 5.79. The highest BCUT2D eigenvalue weighted by atomic mass is 16.5. The Kier molecular flexibility index (Phi) is 8.67. The summed E-state index contributed by atoms with van der Waals surface area (Å²) in [4.78, 5) is 24.6. The predicted octanol–water partition coefficient (Wildman–Crippen LogP) is 3.82. The van der Waals surface area contributed by atoms with E-state index in [0.29, 0.717) is 12.2 Å². The van der Waals surface area contributed by atoms with Crippen LogP contribution >= 0.6 is 0 Å². The molecule has 0 aliphatic heterocycles. The van der Waals surface area contributed by atoms with Crippen LogP contribution in [0, 0.1) is 5.41 Å². The number of phenolic OH excluding ortho intramolecular Hbond substituents is 1. The van der Waals surface area contributed by atoms with Gasteiger partial charge in [-0.15, -0.1) is 0 Å². The van der Waals surface area contributed by atoms with Crippen LogP contribution in [0.15, 0.2) is 60.2 Å². The van der Waals surface area contributed by atoms with Gasteiger partial charge < -0.3 is 19.9 Å². The summed E-state index contributed by atoms with van der Waals surface area (Å²) in [5.41, 5.74) is 2.08. The molecular formula is C25H31NO5. The van der Waals surface area contributed by atoms with Crippen LogP contribution in [0.3, 0.4) is 0 Å². The third-order valence-electron chi connectivity index (χ3n) is 4.59. The van der Waals surface area contributed by atoms with Crippen LogP contribution in [-0.4, -0.2) is 37.2 Å². The first-order valence-electron chi connectivity index (χ1n) is 10.2. The summed E-state index contributed by atoms with van der Waals surface area (Å²) in [7, 11) is 1.46. The summed E-state index contributed by atoms with van der Waals surface area (Å²) in [6, 6.07) is 14.7. The number of rotatable bonds is 9. The minimum Gasteiger partial charge on any atom is -0.504 e. The number of carbonyl (C=O) groups excluding carboxylic acids is 2. The molecule has 0 spiro atoms. The summed E-state index contributed by atoms with van der Waals surface area (Å²) in [5, 5.41) is 12.6. The van der Waals surface area contributed by atoms with E-state index in [9.17, 15) is 14.7 Å². The topological polar surface area (TPSA) is 84.9 Å². The molecule has 0 radical (unpaired) electrons. The number of amides is 1. The minimum absolute atomic E-state index is 0.0263. The summed E-state index contributed by atoms with van der Waals surface area (Å²) < 4.78 is 10.5. The molecule has 2 rings (SSSR count). The molecule has 31 heavy (non-hydrogen) atoms. The van der Waals surface area contributed by atoms with Gasteiger partial charge in [0.1, 0.15) is 6.61 Å². The zero-order valence-electron chi connectivity index (χ0n) is 18.6. The molecule has 0 unspecified atom stereocenters. The molecule has 2 aromatic carbocycles. The van der Waals surface area contributed by atoms with Crippen LogP contribution in [0.25, 0.3) is 0 Å². The van der Waals surface area contributed by atoms with E-state index in [2.05, 4.69) is 5.32 Å². The number of methoxy groups -OCH3 is 1. The van der Waals surface area contributed by atoms with Crippen molar-refractivity contribution in [3.05, 3.63) is 71.3 Å². The SMILES string of the molecule is COc1cc(CC(=O)NC/C(=C\Cc2ccccc2)COC(=O)C(C)(C)C)ccc1O. The number of nitrogens with one attached hydrogen (secondary N) is 1. The molecule has 1 amide bonds. The maximum absolute atomic E-state index is 12.4. The van der Waals surface area contributed by atoms with E-state index in [1.807, 2.05) is 36.4 Å². The van der Waals surface area contributed by atoms with Crippen LogP contribution in [0.2, 0.25) is 0 Å². The summed E-state index contributed by atoms with van der Waals surface area (Å²) in [6.45, 7) is 5.80. The van der Waals surface area contributed by atoms with E-state index in [1.165, 1.54) is 13.2 Å². The lowest BCUT2D eigenvalue weighted by atomic mass is 9.97. The first kappa shape index (κ1) is 24.0. The minimum atomic E-state index is -0.592. The lowest BCUT2D eigenvalue weighted by Crippen LogP contribution is -2.30. The Bertz CT molecular complexity index is 913. The van der Waals surface area contributed by atoms with Crippen molar-refractivity contribution in [1.82, 2.24) is 5.32 Å². The van der Waals surface area contributed by atoms with Crippen molar-refractivity contribution in [1.29, 1.82) is 0 Å². The molecule has 6 nitrogen and oxygen atoms in total. The predicted molar refractivity (Wildman–Crippen MR) is 120 cm³/mol. The Labute approximate surface area is 183 Å². The maximum Gasteiger partial charge on any atom is 0.311 e. The largest absolute Gasteiger partial charge is 0.504 e. The molecule has 0 bridgehead atoms. The molecule has 0 heterocycles. The van der Waals surface area contributed by atoms with Crippen LogP contribution in [0.4, 0.5) is 0 Å². The van der Waals surface area contributed by atoms with Gasteiger partial charge in [-0.25, -0.2) is 0 Å². The van der Waals surface area contributed by atoms with Crippen molar-refractivity contribution in [2.45, 2.75) is 33.6 Å². The van der Waals surface area contributed by atoms with Crippen molar-refractivity contribution in [3.8, 4) is 11.5 Å². The number of phenols is 1. The lowest BCUT2D eigenvalue weighted by molar-refractivity contribution is -0.151. The van der Waals surface area contributed by atoms with Crippen LogP contribution in [0.5, 0.6) is 11.5 Å². The number of ether oxygens (including phenoxy) is 2. The number of hydrogen-bond acceptors (Lipinski definition) is 5. The van der Waals surface area contributed by atoms with Gasteiger partial charge in [0.15, 0.2) is 11.5 Å². The van der Waals surface area contributed by atoms with Gasteiger partial charge in [-0.05, 0) is 56.0 Å².